The summed E-state index contributed by atoms with van der Waals surface area (Å²) in [6, 6.07) is 0.887. The molecule has 2 heteroatoms. The van der Waals surface area contributed by atoms with Crippen molar-refractivity contribution in [1.29, 1.82) is 0 Å². The molecule has 0 amide bonds. The van der Waals surface area contributed by atoms with Gasteiger partial charge in [0.1, 0.15) is 0 Å². The molecule has 1 aliphatic heterocycles. The first-order valence-electron chi connectivity index (χ1n) is 7.46. The minimum atomic E-state index is 0.887. The van der Waals surface area contributed by atoms with Gasteiger partial charge in [-0.1, -0.05) is 24.5 Å². The Morgan fingerprint density at radius 3 is 2.76 bits per heavy atom. The number of nitrogens with one attached hydrogen (secondary N) is 1. The highest BCUT2D eigenvalue weighted by Crippen LogP contribution is 2.18. The molecule has 0 atom stereocenters. The minimum Gasteiger partial charge on any atom is -0.314 e. The van der Waals surface area contributed by atoms with Gasteiger partial charge in [0, 0.05) is 19.1 Å². The summed E-state index contributed by atoms with van der Waals surface area (Å²) < 4.78 is 0. The second-order valence-corrected chi connectivity index (χ2v) is 5.74. The first-order chi connectivity index (χ1) is 8.34. The maximum absolute atomic E-state index is 3.58. The van der Waals surface area contributed by atoms with E-state index < -0.39 is 0 Å². The fraction of sp³-hybridized carbons (Fsp3) is 0.867. The van der Waals surface area contributed by atoms with Crippen LogP contribution in [-0.4, -0.2) is 37.1 Å². The molecule has 0 spiro atoms. The third kappa shape index (κ3) is 5.69. The van der Waals surface area contributed by atoms with Gasteiger partial charge < -0.3 is 5.32 Å². The fourth-order valence-corrected chi connectivity index (χ4v) is 2.42. The van der Waals surface area contributed by atoms with Gasteiger partial charge in [-0.25, -0.2) is 0 Å². The van der Waals surface area contributed by atoms with Crippen LogP contribution in [0, 0.1) is 0 Å². The Hall–Kier alpha value is -0.340. The zero-order chi connectivity index (χ0) is 11.9. The van der Waals surface area contributed by atoms with E-state index in [1.807, 2.05) is 0 Å². The molecule has 17 heavy (non-hydrogen) atoms. The highest BCUT2D eigenvalue weighted by atomic mass is 15.1. The van der Waals surface area contributed by atoms with Crippen LogP contribution < -0.4 is 5.32 Å². The highest BCUT2D eigenvalue weighted by Gasteiger charge is 2.19. The second kappa shape index (κ2) is 7.17. The molecule has 1 N–H and O–H groups in total. The molecule has 0 saturated heterocycles. The van der Waals surface area contributed by atoms with Crippen molar-refractivity contribution in [3.05, 3.63) is 11.6 Å². The van der Waals surface area contributed by atoms with Crippen molar-refractivity contribution in [1.82, 2.24) is 10.2 Å². The van der Waals surface area contributed by atoms with E-state index in [0.717, 1.165) is 6.04 Å². The summed E-state index contributed by atoms with van der Waals surface area (Å²) in [4.78, 5) is 2.59. The molecule has 0 aromatic carbocycles. The monoisotopic (exact) mass is 236 g/mol. The van der Waals surface area contributed by atoms with Gasteiger partial charge in [-0.05, 0) is 52.1 Å². The number of hydrogen-bond acceptors (Lipinski definition) is 2. The number of nitrogens with zero attached hydrogens (tertiary/aromatic N) is 1. The molecule has 0 radical (unpaired) electrons. The van der Waals surface area contributed by atoms with E-state index in [1.165, 1.54) is 71.1 Å². The highest BCUT2D eigenvalue weighted by molar-refractivity contribution is 5.03. The van der Waals surface area contributed by atoms with E-state index >= 15 is 0 Å². The maximum Gasteiger partial charge on any atom is 0.0165 e. The van der Waals surface area contributed by atoms with Crippen molar-refractivity contribution in [2.45, 2.75) is 57.9 Å². The number of unbranched alkanes of at least 4 members (excludes halogenated alkanes) is 3. The van der Waals surface area contributed by atoms with Gasteiger partial charge in [0.25, 0.3) is 0 Å². The van der Waals surface area contributed by atoms with Gasteiger partial charge in [-0.15, -0.1) is 0 Å². The molecule has 1 fully saturated rings. The molecule has 2 nitrogen and oxygen atoms in total. The third-order valence-corrected chi connectivity index (χ3v) is 3.93. The lowest BCUT2D eigenvalue weighted by molar-refractivity contribution is 0.286. The van der Waals surface area contributed by atoms with Gasteiger partial charge in [-0.2, -0.15) is 0 Å². The normalized spacial score (nSPS) is 21.6. The van der Waals surface area contributed by atoms with Crippen LogP contribution >= 0.6 is 0 Å². The molecule has 1 aliphatic carbocycles. The lowest BCUT2D eigenvalue weighted by Gasteiger charge is -2.25. The molecule has 0 aromatic rings. The summed E-state index contributed by atoms with van der Waals surface area (Å²) in [5, 5.41) is 3.58. The quantitative estimate of drug-likeness (QED) is 0.515. The topological polar surface area (TPSA) is 15.3 Å². The van der Waals surface area contributed by atoms with E-state index in [9.17, 15) is 0 Å². The first-order valence-corrected chi connectivity index (χ1v) is 7.46. The molecule has 0 aromatic heterocycles. The summed E-state index contributed by atoms with van der Waals surface area (Å²) in [7, 11) is 0. The Morgan fingerprint density at radius 2 is 2.06 bits per heavy atom. The van der Waals surface area contributed by atoms with Gasteiger partial charge in [0.2, 0.25) is 0 Å². The van der Waals surface area contributed by atoms with E-state index in [2.05, 4.69) is 23.2 Å². The predicted molar refractivity (Wildman–Crippen MR) is 74.3 cm³/mol. The van der Waals surface area contributed by atoms with E-state index in [4.69, 9.17) is 0 Å². The largest absolute Gasteiger partial charge is 0.314 e. The Bertz CT molecular complexity index is 243. The molecule has 2 aliphatic rings. The van der Waals surface area contributed by atoms with Crippen LogP contribution in [0.4, 0.5) is 0 Å². The van der Waals surface area contributed by atoms with Crippen molar-refractivity contribution < 1.29 is 0 Å². The number of rotatable bonds is 8. The van der Waals surface area contributed by atoms with Crippen molar-refractivity contribution >= 4 is 0 Å². The first kappa shape index (κ1) is 13.1. The second-order valence-electron chi connectivity index (χ2n) is 5.74. The third-order valence-electron chi connectivity index (χ3n) is 3.93. The van der Waals surface area contributed by atoms with E-state index in [1.54, 1.807) is 5.57 Å². The Morgan fingerprint density at radius 1 is 1.24 bits per heavy atom. The van der Waals surface area contributed by atoms with Crippen molar-refractivity contribution in [2.24, 2.45) is 0 Å². The van der Waals surface area contributed by atoms with Crippen LogP contribution in [0.15, 0.2) is 11.6 Å². The SMILES string of the molecule is CC1=CCN(CCCCCCNC2CC2)CC1. The zero-order valence-corrected chi connectivity index (χ0v) is 11.4. The Labute approximate surface area is 106 Å². The smallest absolute Gasteiger partial charge is 0.0165 e. The molecule has 0 bridgehead atoms. The van der Waals surface area contributed by atoms with Gasteiger partial charge >= 0.3 is 0 Å². The molecule has 98 valence electrons. The molecular formula is C15H28N2. The Kier molecular flexibility index (Phi) is 5.53. The summed E-state index contributed by atoms with van der Waals surface area (Å²) in [6.45, 7) is 7.28. The summed E-state index contributed by atoms with van der Waals surface area (Å²) >= 11 is 0. The summed E-state index contributed by atoms with van der Waals surface area (Å²) in [6.07, 6.45) is 12.1. The van der Waals surface area contributed by atoms with Crippen molar-refractivity contribution in [2.75, 3.05) is 26.2 Å². The van der Waals surface area contributed by atoms with Gasteiger partial charge in [0.05, 0.1) is 0 Å². The minimum absolute atomic E-state index is 0.887. The lowest BCUT2D eigenvalue weighted by atomic mass is 10.1. The zero-order valence-electron chi connectivity index (χ0n) is 11.4. The molecule has 0 unspecified atom stereocenters. The van der Waals surface area contributed by atoms with E-state index in [0.29, 0.717) is 0 Å². The van der Waals surface area contributed by atoms with Crippen molar-refractivity contribution in [3.8, 4) is 0 Å². The molecule has 1 heterocycles. The van der Waals surface area contributed by atoms with Crippen LogP contribution in [-0.2, 0) is 0 Å². The lowest BCUT2D eigenvalue weighted by Crippen LogP contribution is -2.29. The summed E-state index contributed by atoms with van der Waals surface area (Å²) in [5.41, 5.74) is 1.58. The van der Waals surface area contributed by atoms with Crippen LogP contribution in [0.5, 0.6) is 0 Å². The maximum atomic E-state index is 3.58. The average molecular weight is 236 g/mol. The van der Waals surface area contributed by atoms with Crippen LogP contribution in [0.3, 0.4) is 0 Å². The van der Waals surface area contributed by atoms with Gasteiger partial charge in [-0.3, -0.25) is 4.90 Å². The van der Waals surface area contributed by atoms with E-state index in [-0.39, 0.29) is 0 Å². The van der Waals surface area contributed by atoms with Crippen LogP contribution in [0.2, 0.25) is 0 Å². The molecule has 2 rings (SSSR count). The standard InChI is InChI=1S/C15H28N2/c1-14-8-12-17(13-9-14)11-5-3-2-4-10-16-15-6-7-15/h8,15-16H,2-7,9-13H2,1H3. The van der Waals surface area contributed by atoms with Crippen LogP contribution in [0.1, 0.15) is 51.9 Å². The van der Waals surface area contributed by atoms with Crippen LogP contribution in [0.25, 0.3) is 0 Å². The average Bonchev–Trinajstić information content (AvgIpc) is 3.14. The molecule has 1 saturated carbocycles. The summed E-state index contributed by atoms with van der Waals surface area (Å²) in [5.74, 6) is 0. The number of hydrogen-bond donors (Lipinski definition) is 1. The predicted octanol–water partition coefficient (Wildman–Crippen LogP) is 2.95. The fourth-order valence-electron chi connectivity index (χ4n) is 2.42. The Balaban J connectivity index is 1.38. The molecular weight excluding hydrogens is 208 g/mol. The van der Waals surface area contributed by atoms with Crippen molar-refractivity contribution in [3.63, 3.8) is 0 Å². The van der Waals surface area contributed by atoms with Gasteiger partial charge in [0.15, 0.2) is 0 Å².